The second-order valence-corrected chi connectivity index (χ2v) is 20.5. The van der Waals surface area contributed by atoms with Gasteiger partial charge in [0, 0.05) is 12.8 Å². The van der Waals surface area contributed by atoms with E-state index in [9.17, 15) is 28.9 Å². The average molecular weight is 1080 g/mol. The molecule has 432 valence electrons. The maximum Gasteiger partial charge on any atom is 0.472 e. The zero-order chi connectivity index (χ0) is 55.5. The Bertz CT molecular complexity index is 1740. The molecule has 76 heavy (non-hydrogen) atoms. The van der Waals surface area contributed by atoms with Crippen LogP contribution in [0.15, 0.2) is 122 Å². The molecule has 0 rings (SSSR count). The summed E-state index contributed by atoms with van der Waals surface area (Å²) in [5, 5.41) is 9.81. The molecule has 0 saturated heterocycles. The van der Waals surface area contributed by atoms with Crippen molar-refractivity contribution in [1.29, 1.82) is 0 Å². The van der Waals surface area contributed by atoms with E-state index in [0.717, 1.165) is 83.5 Å². The highest BCUT2D eigenvalue weighted by molar-refractivity contribution is 7.47. The van der Waals surface area contributed by atoms with Gasteiger partial charge in [0.05, 0.1) is 26.2 Å². The van der Waals surface area contributed by atoms with Crippen molar-refractivity contribution in [1.82, 2.24) is 0 Å². The van der Waals surface area contributed by atoms with E-state index in [1.165, 1.54) is 83.5 Å². The van der Waals surface area contributed by atoms with Crippen molar-refractivity contribution >= 4 is 25.7 Å². The summed E-state index contributed by atoms with van der Waals surface area (Å²) in [6, 6.07) is 0. The van der Waals surface area contributed by atoms with Crippen molar-refractivity contribution in [3.63, 3.8) is 0 Å². The lowest BCUT2D eigenvalue weighted by atomic mass is 10.1. The number of hydrogen-bond donors (Lipinski definition) is 2. The summed E-state index contributed by atoms with van der Waals surface area (Å²) in [7, 11) is -4.79. The summed E-state index contributed by atoms with van der Waals surface area (Å²) < 4.78 is 39.4. The number of esters is 3. The first-order valence-corrected chi connectivity index (χ1v) is 30.9. The van der Waals surface area contributed by atoms with Gasteiger partial charge in [0.1, 0.15) is 12.7 Å². The number of hydrogen-bond acceptors (Lipinski definition) is 10. The highest BCUT2D eigenvalue weighted by atomic mass is 31.2. The molecule has 0 spiro atoms. The number of phosphoric acid groups is 1. The minimum atomic E-state index is -4.79. The molecule has 0 radical (unpaired) electrons. The monoisotopic (exact) mass is 1080 g/mol. The Morgan fingerprint density at radius 2 is 0.724 bits per heavy atom. The van der Waals surface area contributed by atoms with Gasteiger partial charge in [-0.15, -0.1) is 0 Å². The summed E-state index contributed by atoms with van der Waals surface area (Å²) in [5.41, 5.74) is 0. The molecule has 0 saturated carbocycles. The second-order valence-electron chi connectivity index (χ2n) is 19.1. The third-order valence-corrected chi connectivity index (χ3v) is 12.8. The lowest BCUT2D eigenvalue weighted by Crippen LogP contribution is -2.30. The normalized spacial score (nSPS) is 14.2. The first-order chi connectivity index (χ1) is 37.2. The van der Waals surface area contributed by atoms with Crippen molar-refractivity contribution in [2.75, 3.05) is 26.4 Å². The number of carbonyl (C=O) groups excluding carboxylic acids is 3. The third-order valence-electron chi connectivity index (χ3n) is 11.9. The Balaban J connectivity index is 4.86. The molecule has 0 aromatic carbocycles. The van der Waals surface area contributed by atoms with Gasteiger partial charge in [0.25, 0.3) is 0 Å². The largest absolute Gasteiger partial charge is 0.472 e. The van der Waals surface area contributed by atoms with Crippen LogP contribution in [0.2, 0.25) is 0 Å². The predicted octanol–water partition coefficient (Wildman–Crippen LogP) is 17.6. The Morgan fingerprint density at radius 1 is 0.395 bits per heavy atom. The number of unbranched alkanes of at least 4 members (excludes halogenated alkanes) is 17. The highest BCUT2D eigenvalue weighted by Gasteiger charge is 2.28. The van der Waals surface area contributed by atoms with Crippen LogP contribution in [-0.4, -0.2) is 66.5 Å². The molecular weight excluding hydrogens is 976 g/mol. The fourth-order valence-electron chi connectivity index (χ4n) is 7.47. The molecule has 0 fully saturated rings. The van der Waals surface area contributed by atoms with Gasteiger partial charge < -0.3 is 24.2 Å². The van der Waals surface area contributed by atoms with Crippen molar-refractivity contribution < 1.29 is 52.2 Å². The van der Waals surface area contributed by atoms with E-state index < -0.39 is 64.4 Å². The van der Waals surface area contributed by atoms with Gasteiger partial charge in [-0.2, -0.15) is 0 Å². The third kappa shape index (κ3) is 54.7. The SMILES string of the molecule is CC/C=C\C/C=C\C/C=C\C/C=C\C/C=C\CC(=O)OCC(COP(=O)(O)OCC(CO)OC(=O)CCCC/C=C\C/C=C\C/C=C\C/C=C\CC)OC(=O)CCCCCCCCCCC/C=C\CCCCCCCC. The van der Waals surface area contributed by atoms with Crippen LogP contribution < -0.4 is 0 Å². The molecule has 0 aliphatic heterocycles. The molecule has 0 aliphatic rings. The molecule has 12 heteroatoms. The van der Waals surface area contributed by atoms with Gasteiger partial charge in [-0.25, -0.2) is 4.57 Å². The molecule has 3 unspecified atom stereocenters. The number of rotatable bonds is 53. The number of ether oxygens (including phenoxy) is 3. The number of phosphoric ester groups is 1. The van der Waals surface area contributed by atoms with E-state index >= 15 is 0 Å². The second kappa shape index (κ2) is 57.1. The minimum absolute atomic E-state index is 0.0140. The highest BCUT2D eigenvalue weighted by Crippen LogP contribution is 2.43. The quantitative estimate of drug-likeness (QED) is 0.0197. The predicted molar refractivity (Wildman–Crippen MR) is 316 cm³/mol. The van der Waals surface area contributed by atoms with Crippen molar-refractivity contribution in [2.24, 2.45) is 0 Å². The van der Waals surface area contributed by atoms with Gasteiger partial charge in [0.15, 0.2) is 6.10 Å². The van der Waals surface area contributed by atoms with Gasteiger partial charge in [-0.1, -0.05) is 219 Å². The maximum absolute atomic E-state index is 12.9. The standard InChI is InChI=1S/C64H105O11P/c1-4-7-10-13-16-19-22-25-28-29-30-31-34-37-40-43-46-49-52-55-64(68)75-61(57-71-62(66)53-50-47-44-41-38-35-32-26-23-20-17-14-11-8-5-2)59-73-76(69,70)72-58-60(56-65)74-63(67)54-51-48-45-42-39-36-33-27-24-21-18-15-12-9-6-3/h8-9,11-12,17-18,20-21,25-28,32-33,38-39,41-42,47,50,60-61,65H,4-7,10,13-16,19,22-24,29-31,34-37,40,43-46,48-49,51-59H2,1-3H3,(H,69,70)/b11-8-,12-9-,20-17-,21-18-,28-25-,32-26-,33-27-,41-38-,42-39-,50-47-. The van der Waals surface area contributed by atoms with E-state index in [4.69, 9.17) is 23.3 Å². The van der Waals surface area contributed by atoms with Crippen LogP contribution >= 0.6 is 7.82 Å². The van der Waals surface area contributed by atoms with Crippen LogP contribution in [-0.2, 0) is 42.2 Å². The number of aliphatic hydroxyl groups excluding tert-OH is 1. The van der Waals surface area contributed by atoms with Crippen LogP contribution in [0.1, 0.15) is 226 Å². The fourth-order valence-corrected chi connectivity index (χ4v) is 8.26. The van der Waals surface area contributed by atoms with Gasteiger partial charge >= 0.3 is 25.7 Å². The molecule has 0 aromatic heterocycles. The van der Waals surface area contributed by atoms with E-state index in [2.05, 4.69) is 124 Å². The van der Waals surface area contributed by atoms with E-state index in [1.807, 2.05) is 12.2 Å². The molecule has 0 aliphatic carbocycles. The first kappa shape index (κ1) is 71.9. The molecule has 0 bridgehead atoms. The molecule has 11 nitrogen and oxygen atoms in total. The average Bonchev–Trinajstić information content (AvgIpc) is 3.41. The summed E-state index contributed by atoms with van der Waals surface area (Å²) in [6.45, 7) is 4.25. The molecule has 2 N–H and O–H groups in total. The van der Waals surface area contributed by atoms with Gasteiger partial charge in [-0.05, 0) is 109 Å². The topological polar surface area (TPSA) is 155 Å². The van der Waals surface area contributed by atoms with Crippen LogP contribution in [0.3, 0.4) is 0 Å². The van der Waals surface area contributed by atoms with Gasteiger partial charge in [-0.3, -0.25) is 23.4 Å². The molecular formula is C64H105O11P. The summed E-state index contributed by atoms with van der Waals surface area (Å²) >= 11 is 0. The number of allylic oxidation sites excluding steroid dienone is 19. The van der Waals surface area contributed by atoms with Crippen LogP contribution in [0.4, 0.5) is 0 Å². The lowest BCUT2D eigenvalue weighted by molar-refractivity contribution is -0.161. The first-order valence-electron chi connectivity index (χ1n) is 29.4. The zero-order valence-electron chi connectivity index (χ0n) is 47.7. The summed E-state index contributed by atoms with van der Waals surface area (Å²) in [5.74, 6) is -1.67. The van der Waals surface area contributed by atoms with Crippen molar-refractivity contribution in [3.05, 3.63) is 122 Å². The van der Waals surface area contributed by atoms with E-state index in [-0.39, 0.29) is 19.3 Å². The molecule has 0 heterocycles. The summed E-state index contributed by atoms with van der Waals surface area (Å²) in [4.78, 5) is 48.5. The zero-order valence-corrected chi connectivity index (χ0v) is 48.6. The Morgan fingerprint density at radius 3 is 1.16 bits per heavy atom. The molecule has 0 aromatic rings. The van der Waals surface area contributed by atoms with Crippen LogP contribution in [0.5, 0.6) is 0 Å². The summed E-state index contributed by atoms with van der Waals surface area (Å²) in [6.07, 6.45) is 70.5. The van der Waals surface area contributed by atoms with Crippen LogP contribution in [0, 0.1) is 0 Å². The Kier molecular flexibility index (Phi) is 54.0. The Hall–Kier alpha value is -4.12. The van der Waals surface area contributed by atoms with Gasteiger partial charge in [0.2, 0.25) is 0 Å². The smallest absolute Gasteiger partial charge is 0.461 e. The Labute approximate surface area is 462 Å². The molecule has 0 amide bonds. The maximum atomic E-state index is 12.9. The molecule has 3 atom stereocenters. The van der Waals surface area contributed by atoms with Crippen molar-refractivity contribution in [3.8, 4) is 0 Å². The lowest BCUT2D eigenvalue weighted by Gasteiger charge is -2.21. The minimum Gasteiger partial charge on any atom is -0.461 e. The van der Waals surface area contributed by atoms with Crippen LogP contribution in [0.25, 0.3) is 0 Å². The van der Waals surface area contributed by atoms with E-state index in [0.29, 0.717) is 19.3 Å². The fraction of sp³-hybridized carbons (Fsp3) is 0.641. The number of aliphatic hydroxyl groups is 1. The van der Waals surface area contributed by atoms with E-state index in [1.54, 1.807) is 6.08 Å². The van der Waals surface area contributed by atoms with Crippen molar-refractivity contribution in [2.45, 2.75) is 238 Å². The number of carbonyl (C=O) groups is 3.